The molecule has 1 aromatic carbocycles. The lowest BCUT2D eigenvalue weighted by Crippen LogP contribution is -2.21. The highest BCUT2D eigenvalue weighted by Gasteiger charge is 2.40. The van der Waals surface area contributed by atoms with Crippen molar-refractivity contribution in [1.82, 2.24) is 4.73 Å². The minimum Gasteiger partial charge on any atom is -0.462 e. The average molecular weight is 381 g/mol. The highest BCUT2D eigenvalue weighted by Crippen LogP contribution is 2.50. The molecule has 0 saturated carbocycles. The minimum atomic E-state index is -3.83. The summed E-state index contributed by atoms with van der Waals surface area (Å²) in [5.41, 5.74) is 0.962. The Bertz CT molecular complexity index is 805. The van der Waals surface area contributed by atoms with Crippen LogP contribution < -0.4 is 5.30 Å². The number of rotatable bonds is 8. The van der Waals surface area contributed by atoms with Crippen LogP contribution in [0.2, 0.25) is 0 Å². The van der Waals surface area contributed by atoms with E-state index in [9.17, 15) is 14.6 Å². The van der Waals surface area contributed by atoms with Crippen LogP contribution in [0.15, 0.2) is 30.3 Å². The summed E-state index contributed by atoms with van der Waals surface area (Å²) in [5, 5.41) is 10.7. The number of carbonyl (C=O) groups excluding carboxylic acids is 1. The maximum absolute atomic E-state index is 13.4. The monoisotopic (exact) mass is 381 g/mol. The van der Waals surface area contributed by atoms with Gasteiger partial charge in [0.05, 0.1) is 25.5 Å². The van der Waals surface area contributed by atoms with Crippen molar-refractivity contribution < 1.29 is 28.4 Å². The zero-order chi connectivity index (χ0) is 19.3. The Morgan fingerprint density at radius 1 is 1.08 bits per heavy atom. The van der Waals surface area contributed by atoms with Crippen LogP contribution in [0.25, 0.3) is 11.3 Å². The number of carbonyl (C=O) groups is 1. The van der Waals surface area contributed by atoms with Gasteiger partial charge in [0.15, 0.2) is 0 Å². The molecule has 0 bridgehead atoms. The fourth-order valence-corrected chi connectivity index (χ4v) is 4.74. The molecule has 26 heavy (non-hydrogen) atoms. The van der Waals surface area contributed by atoms with Crippen molar-refractivity contribution in [1.29, 1.82) is 0 Å². The molecule has 1 aromatic heterocycles. The van der Waals surface area contributed by atoms with Gasteiger partial charge in [-0.1, -0.05) is 30.3 Å². The Morgan fingerprint density at radius 3 is 2.15 bits per heavy atom. The second kappa shape index (κ2) is 8.54. The Labute approximate surface area is 153 Å². The first kappa shape index (κ1) is 20.2. The molecule has 142 valence electrons. The normalized spacial score (nSPS) is 11.5. The molecule has 0 aliphatic carbocycles. The molecule has 0 aliphatic heterocycles. The Kier molecular flexibility index (Phi) is 6.64. The third kappa shape index (κ3) is 3.70. The van der Waals surface area contributed by atoms with Gasteiger partial charge in [-0.25, -0.2) is 4.79 Å². The van der Waals surface area contributed by atoms with E-state index in [1.807, 2.05) is 6.07 Å². The van der Waals surface area contributed by atoms with Crippen molar-refractivity contribution in [3.63, 3.8) is 0 Å². The van der Waals surface area contributed by atoms with Crippen LogP contribution in [0, 0.1) is 6.92 Å². The smallest absolute Gasteiger partial charge is 0.364 e. The van der Waals surface area contributed by atoms with Crippen LogP contribution >= 0.6 is 7.60 Å². The maximum Gasteiger partial charge on any atom is 0.364 e. The van der Waals surface area contributed by atoms with E-state index < -0.39 is 13.6 Å². The molecule has 0 unspecified atom stereocenters. The van der Waals surface area contributed by atoms with Crippen LogP contribution in [-0.2, 0) is 18.3 Å². The van der Waals surface area contributed by atoms with Crippen molar-refractivity contribution in [3.05, 3.63) is 41.6 Å². The Morgan fingerprint density at radius 2 is 1.65 bits per heavy atom. The summed E-state index contributed by atoms with van der Waals surface area (Å²) >= 11 is 0. The van der Waals surface area contributed by atoms with Gasteiger partial charge in [0.25, 0.3) is 0 Å². The van der Waals surface area contributed by atoms with Gasteiger partial charge in [-0.15, -0.1) is 0 Å². The number of benzene rings is 1. The fourth-order valence-electron chi connectivity index (χ4n) is 2.77. The van der Waals surface area contributed by atoms with E-state index in [0.717, 1.165) is 4.73 Å². The second-order valence-electron chi connectivity index (χ2n) is 5.39. The van der Waals surface area contributed by atoms with Crippen molar-refractivity contribution in [3.8, 4) is 11.3 Å². The van der Waals surface area contributed by atoms with Gasteiger partial charge < -0.3 is 19.0 Å². The first-order valence-corrected chi connectivity index (χ1v) is 10.0. The van der Waals surface area contributed by atoms with Gasteiger partial charge in [0.2, 0.25) is 0 Å². The predicted molar refractivity (Wildman–Crippen MR) is 98.2 cm³/mol. The first-order chi connectivity index (χ1) is 12.4. The molecule has 1 N–H and O–H groups in total. The van der Waals surface area contributed by atoms with E-state index in [-0.39, 0.29) is 42.1 Å². The molecule has 2 aromatic rings. The largest absolute Gasteiger partial charge is 0.462 e. The number of hydrogen-bond acceptors (Lipinski definition) is 6. The van der Waals surface area contributed by atoms with E-state index in [2.05, 4.69) is 0 Å². The van der Waals surface area contributed by atoms with Crippen molar-refractivity contribution in [2.24, 2.45) is 0 Å². The van der Waals surface area contributed by atoms with E-state index in [1.54, 1.807) is 52.0 Å². The van der Waals surface area contributed by atoms with E-state index in [0.29, 0.717) is 5.56 Å². The molecule has 0 spiro atoms. The van der Waals surface area contributed by atoms with Crippen molar-refractivity contribution in [2.45, 2.75) is 27.7 Å². The Balaban J connectivity index is 2.84. The summed E-state index contributed by atoms with van der Waals surface area (Å²) in [4.78, 5) is 12.7. The molecule has 1 heterocycles. The van der Waals surface area contributed by atoms with Gasteiger partial charge in [0.1, 0.15) is 16.6 Å². The van der Waals surface area contributed by atoms with E-state index >= 15 is 0 Å². The Hall–Kier alpha value is -2.08. The molecular weight excluding hydrogens is 357 g/mol. The lowest BCUT2D eigenvalue weighted by Gasteiger charge is -2.18. The van der Waals surface area contributed by atoms with Crippen LogP contribution in [-0.4, -0.2) is 35.7 Å². The zero-order valence-corrected chi connectivity index (χ0v) is 16.3. The maximum atomic E-state index is 13.4. The van der Waals surface area contributed by atoms with Crippen LogP contribution in [0.4, 0.5) is 0 Å². The summed E-state index contributed by atoms with van der Waals surface area (Å²) in [7, 11) is -3.83. The van der Waals surface area contributed by atoms with Gasteiger partial charge in [-0.05, 0) is 27.7 Å². The van der Waals surface area contributed by atoms with Gasteiger partial charge in [-0.3, -0.25) is 4.57 Å². The second-order valence-corrected chi connectivity index (χ2v) is 7.35. The first-order valence-electron chi connectivity index (χ1n) is 8.47. The minimum absolute atomic E-state index is 0.0108. The fraction of sp³-hybridized carbons (Fsp3) is 0.389. The van der Waals surface area contributed by atoms with Crippen LogP contribution in [0.5, 0.6) is 0 Å². The average Bonchev–Trinajstić information content (AvgIpc) is 2.88. The van der Waals surface area contributed by atoms with Gasteiger partial charge in [-0.2, -0.15) is 4.73 Å². The van der Waals surface area contributed by atoms with E-state index in [4.69, 9.17) is 13.8 Å². The number of hydrogen-bond donors (Lipinski definition) is 1. The highest BCUT2D eigenvalue weighted by molar-refractivity contribution is 7.62. The molecule has 0 fully saturated rings. The summed E-state index contributed by atoms with van der Waals surface area (Å²) < 4.78 is 30.2. The summed E-state index contributed by atoms with van der Waals surface area (Å²) in [5.74, 6) is -0.697. The van der Waals surface area contributed by atoms with Gasteiger partial charge >= 0.3 is 13.6 Å². The predicted octanol–water partition coefficient (Wildman–Crippen LogP) is 3.77. The number of ether oxygens (including phenoxy) is 1. The third-order valence-corrected chi connectivity index (χ3v) is 6.04. The quantitative estimate of drug-likeness (QED) is 0.426. The topological polar surface area (TPSA) is 87.0 Å². The molecule has 0 saturated heterocycles. The van der Waals surface area contributed by atoms with Crippen LogP contribution in [0.3, 0.4) is 0 Å². The lowest BCUT2D eigenvalue weighted by molar-refractivity contribution is 0.0526. The number of aromatic nitrogens is 1. The number of esters is 1. The third-order valence-electron chi connectivity index (χ3n) is 3.74. The van der Waals surface area contributed by atoms with Gasteiger partial charge in [0, 0.05) is 5.56 Å². The molecule has 7 nitrogen and oxygen atoms in total. The molecule has 8 heteroatoms. The molecule has 0 aliphatic rings. The highest BCUT2D eigenvalue weighted by atomic mass is 31.2. The molecule has 0 amide bonds. The molecule has 0 atom stereocenters. The summed E-state index contributed by atoms with van der Waals surface area (Å²) in [6.07, 6.45) is 0. The SMILES string of the molecule is CCOC(=O)c1c(P(=O)(OCC)OCC)c(C)n(O)c1-c1ccccc1. The number of nitrogens with zero attached hydrogens (tertiary/aromatic N) is 1. The zero-order valence-electron chi connectivity index (χ0n) is 15.4. The lowest BCUT2D eigenvalue weighted by atomic mass is 10.1. The van der Waals surface area contributed by atoms with Crippen LogP contribution in [0.1, 0.15) is 36.8 Å². The summed E-state index contributed by atoms with van der Waals surface area (Å²) in [6, 6.07) is 8.84. The molecule has 0 radical (unpaired) electrons. The standard InChI is InChI=1S/C18H24NO6P/c1-5-23-18(20)15-16(14-11-9-8-10-12-14)19(21)13(4)17(15)26(22,24-6-2)25-7-3/h8-12,21H,5-7H2,1-4H3. The van der Waals surface area contributed by atoms with E-state index in [1.165, 1.54) is 0 Å². The van der Waals surface area contributed by atoms with Crippen molar-refractivity contribution >= 4 is 18.9 Å². The molecule has 2 rings (SSSR count). The molecular formula is C18H24NO6P. The summed E-state index contributed by atoms with van der Waals surface area (Å²) in [6.45, 7) is 6.96. The van der Waals surface area contributed by atoms with Crippen molar-refractivity contribution in [2.75, 3.05) is 19.8 Å².